The van der Waals surface area contributed by atoms with Crippen LogP contribution < -0.4 is 0 Å². The molecule has 0 saturated carbocycles. The van der Waals surface area contributed by atoms with Crippen molar-refractivity contribution >= 4 is 28.6 Å². The molecule has 1 aromatic carbocycles. The fourth-order valence-electron chi connectivity index (χ4n) is 1.53. The number of para-hydroxylation sites is 1. The molecule has 0 fully saturated rings. The van der Waals surface area contributed by atoms with Gasteiger partial charge in [0.1, 0.15) is 5.75 Å². The summed E-state index contributed by atoms with van der Waals surface area (Å²) in [5.41, 5.74) is 0.944. The Kier molecular flexibility index (Phi) is 6.18. The van der Waals surface area contributed by atoms with E-state index < -0.39 is 0 Å². The SMILES string of the molecule is Oc1ccccc1C(S)CCCCCBr. The second kappa shape index (κ2) is 7.18. The summed E-state index contributed by atoms with van der Waals surface area (Å²) in [6.07, 6.45) is 4.61. The van der Waals surface area contributed by atoms with Crippen LogP contribution in [0.3, 0.4) is 0 Å². The molecule has 3 heteroatoms. The number of rotatable bonds is 6. The van der Waals surface area contributed by atoms with E-state index in [1.165, 1.54) is 12.8 Å². The topological polar surface area (TPSA) is 20.2 Å². The Balaban J connectivity index is 2.40. The summed E-state index contributed by atoms with van der Waals surface area (Å²) in [6.45, 7) is 0. The summed E-state index contributed by atoms with van der Waals surface area (Å²) >= 11 is 7.93. The third-order valence-electron chi connectivity index (χ3n) is 2.41. The van der Waals surface area contributed by atoms with Crippen molar-refractivity contribution < 1.29 is 5.11 Å². The van der Waals surface area contributed by atoms with E-state index in [2.05, 4.69) is 28.6 Å². The summed E-state index contributed by atoms with van der Waals surface area (Å²) < 4.78 is 0. The molecule has 0 radical (unpaired) electrons. The minimum absolute atomic E-state index is 0.154. The Hall–Kier alpha value is -0.150. The molecule has 0 aliphatic rings. The maximum absolute atomic E-state index is 9.63. The normalized spacial score (nSPS) is 12.7. The first-order chi connectivity index (χ1) is 7.25. The highest BCUT2D eigenvalue weighted by Gasteiger charge is 2.09. The first kappa shape index (κ1) is 12.9. The van der Waals surface area contributed by atoms with Gasteiger partial charge in [0.25, 0.3) is 0 Å². The number of hydrogen-bond acceptors (Lipinski definition) is 2. The van der Waals surface area contributed by atoms with Crippen LogP contribution in [-0.2, 0) is 0 Å². The molecule has 1 unspecified atom stereocenters. The predicted molar refractivity (Wildman–Crippen MR) is 72.1 cm³/mol. The van der Waals surface area contributed by atoms with Crippen LogP contribution in [0.4, 0.5) is 0 Å². The van der Waals surface area contributed by atoms with Crippen molar-refractivity contribution in [1.29, 1.82) is 0 Å². The van der Waals surface area contributed by atoms with E-state index in [1.807, 2.05) is 18.2 Å². The van der Waals surface area contributed by atoms with E-state index in [4.69, 9.17) is 0 Å². The van der Waals surface area contributed by atoms with Crippen molar-refractivity contribution in [3.8, 4) is 5.75 Å². The lowest BCUT2D eigenvalue weighted by atomic mass is 10.0. The number of aromatic hydroxyl groups is 1. The minimum Gasteiger partial charge on any atom is -0.508 e. The van der Waals surface area contributed by atoms with Crippen LogP contribution in [0.2, 0.25) is 0 Å². The van der Waals surface area contributed by atoms with Crippen LogP contribution in [0, 0.1) is 0 Å². The molecule has 0 heterocycles. The quantitative estimate of drug-likeness (QED) is 0.454. The van der Waals surface area contributed by atoms with Crippen molar-refractivity contribution in [1.82, 2.24) is 0 Å². The van der Waals surface area contributed by atoms with Gasteiger partial charge >= 0.3 is 0 Å². The Morgan fingerprint density at radius 2 is 1.93 bits per heavy atom. The van der Waals surface area contributed by atoms with Crippen molar-refractivity contribution in [2.24, 2.45) is 0 Å². The number of phenolic OH excluding ortho intramolecular Hbond substituents is 1. The van der Waals surface area contributed by atoms with Gasteiger partial charge in [-0.25, -0.2) is 0 Å². The van der Waals surface area contributed by atoms with Gasteiger partial charge in [-0.2, -0.15) is 12.6 Å². The van der Waals surface area contributed by atoms with Crippen LogP contribution in [-0.4, -0.2) is 10.4 Å². The highest BCUT2D eigenvalue weighted by Crippen LogP contribution is 2.32. The minimum atomic E-state index is 0.154. The zero-order chi connectivity index (χ0) is 11.1. The standard InChI is InChI=1S/C12H17BrOS/c13-9-5-1-2-8-12(15)10-6-3-4-7-11(10)14/h3-4,6-7,12,14-15H,1-2,5,8-9H2. The van der Waals surface area contributed by atoms with Crippen molar-refractivity contribution in [3.05, 3.63) is 29.8 Å². The third kappa shape index (κ3) is 4.47. The lowest BCUT2D eigenvalue weighted by Crippen LogP contribution is -1.91. The molecule has 0 saturated heterocycles. The molecule has 0 bridgehead atoms. The van der Waals surface area contributed by atoms with Crippen molar-refractivity contribution in [2.45, 2.75) is 30.9 Å². The summed E-state index contributed by atoms with van der Waals surface area (Å²) in [6, 6.07) is 7.44. The van der Waals surface area contributed by atoms with Gasteiger partial charge in [-0.15, -0.1) is 0 Å². The van der Waals surface area contributed by atoms with E-state index in [0.29, 0.717) is 5.75 Å². The average Bonchev–Trinajstić information content (AvgIpc) is 2.25. The second-order valence-corrected chi connectivity index (χ2v) is 5.03. The van der Waals surface area contributed by atoms with Gasteiger partial charge in [-0.05, 0) is 18.9 Å². The molecule has 0 spiro atoms. The van der Waals surface area contributed by atoms with E-state index in [9.17, 15) is 5.11 Å². The van der Waals surface area contributed by atoms with Gasteiger partial charge in [-0.1, -0.05) is 47.0 Å². The zero-order valence-electron chi connectivity index (χ0n) is 8.69. The summed E-state index contributed by atoms with van der Waals surface area (Å²) in [5.74, 6) is 0.359. The fourth-order valence-corrected chi connectivity index (χ4v) is 2.33. The third-order valence-corrected chi connectivity index (χ3v) is 3.50. The number of phenols is 1. The number of hydrogen-bond donors (Lipinski definition) is 2. The van der Waals surface area contributed by atoms with Crippen LogP contribution in [0.15, 0.2) is 24.3 Å². The molecule has 0 aliphatic heterocycles. The summed E-state index contributed by atoms with van der Waals surface area (Å²) in [7, 11) is 0. The Bertz CT molecular complexity index is 291. The molecule has 15 heavy (non-hydrogen) atoms. The lowest BCUT2D eigenvalue weighted by Gasteiger charge is -2.12. The molecule has 1 rings (SSSR count). The van der Waals surface area contributed by atoms with Gasteiger partial charge in [0.2, 0.25) is 0 Å². The Morgan fingerprint density at radius 1 is 1.20 bits per heavy atom. The number of thiol groups is 1. The molecule has 1 N–H and O–H groups in total. The molecule has 84 valence electrons. The van der Waals surface area contributed by atoms with E-state index in [-0.39, 0.29) is 5.25 Å². The first-order valence-corrected chi connectivity index (χ1v) is 6.91. The molecule has 1 atom stereocenters. The molecule has 1 aromatic rings. The maximum Gasteiger partial charge on any atom is 0.119 e. The fraction of sp³-hybridized carbons (Fsp3) is 0.500. The van der Waals surface area contributed by atoms with Gasteiger partial charge in [0.05, 0.1) is 0 Å². The maximum atomic E-state index is 9.63. The van der Waals surface area contributed by atoms with Crippen LogP contribution in [0.1, 0.15) is 36.5 Å². The predicted octanol–water partition coefficient (Wildman–Crippen LogP) is 4.32. The van der Waals surface area contributed by atoms with Gasteiger partial charge in [0, 0.05) is 16.1 Å². The van der Waals surface area contributed by atoms with Crippen molar-refractivity contribution in [3.63, 3.8) is 0 Å². The number of unbranched alkanes of at least 4 members (excludes halogenated alkanes) is 2. The number of benzene rings is 1. The summed E-state index contributed by atoms with van der Waals surface area (Å²) in [5, 5.41) is 10.9. The Labute approximate surface area is 105 Å². The molecular formula is C12H17BrOS. The lowest BCUT2D eigenvalue weighted by molar-refractivity contribution is 0.465. The smallest absolute Gasteiger partial charge is 0.119 e. The van der Waals surface area contributed by atoms with Crippen LogP contribution in [0.25, 0.3) is 0 Å². The largest absolute Gasteiger partial charge is 0.508 e. The van der Waals surface area contributed by atoms with Crippen molar-refractivity contribution in [2.75, 3.05) is 5.33 Å². The van der Waals surface area contributed by atoms with E-state index >= 15 is 0 Å². The number of halogens is 1. The van der Waals surface area contributed by atoms with Gasteiger partial charge < -0.3 is 5.11 Å². The molecule has 0 aliphatic carbocycles. The second-order valence-electron chi connectivity index (χ2n) is 3.61. The monoisotopic (exact) mass is 288 g/mol. The van der Waals surface area contributed by atoms with Crippen LogP contribution in [0.5, 0.6) is 5.75 Å². The summed E-state index contributed by atoms with van der Waals surface area (Å²) in [4.78, 5) is 0. The molecule has 0 amide bonds. The zero-order valence-corrected chi connectivity index (χ0v) is 11.2. The van der Waals surface area contributed by atoms with E-state index in [0.717, 1.165) is 23.7 Å². The van der Waals surface area contributed by atoms with Crippen LogP contribution >= 0.6 is 28.6 Å². The van der Waals surface area contributed by atoms with Gasteiger partial charge in [-0.3, -0.25) is 0 Å². The van der Waals surface area contributed by atoms with E-state index in [1.54, 1.807) is 6.07 Å². The molecule has 0 aromatic heterocycles. The molecule has 1 nitrogen and oxygen atoms in total. The number of alkyl halides is 1. The highest BCUT2D eigenvalue weighted by atomic mass is 79.9. The average molecular weight is 289 g/mol. The van der Waals surface area contributed by atoms with Gasteiger partial charge in [0.15, 0.2) is 0 Å². The first-order valence-electron chi connectivity index (χ1n) is 5.27. The molecular weight excluding hydrogens is 272 g/mol. The highest BCUT2D eigenvalue weighted by molar-refractivity contribution is 9.09. The Morgan fingerprint density at radius 3 is 2.60 bits per heavy atom.